The molecule has 1 aliphatic rings. The summed E-state index contributed by atoms with van der Waals surface area (Å²) in [6.45, 7) is 1.65. The molecule has 0 aromatic carbocycles. The molecule has 1 aliphatic heterocycles. The standard InChI is InChI=1S/C9H16N4O/c1-13-7-11-12-8(13)5-9(14)3-2-4-10-6-9/h7,10,14H,2-6H2,1H3/t9-/m1/s1. The van der Waals surface area contributed by atoms with Crippen LogP contribution in [0.2, 0.25) is 0 Å². The number of aryl methyl sites for hydroxylation is 1. The van der Waals surface area contributed by atoms with Crippen LogP contribution in [0.3, 0.4) is 0 Å². The van der Waals surface area contributed by atoms with Crippen LogP contribution in [0.15, 0.2) is 6.33 Å². The summed E-state index contributed by atoms with van der Waals surface area (Å²) >= 11 is 0. The van der Waals surface area contributed by atoms with E-state index in [1.165, 1.54) is 0 Å². The molecule has 0 bridgehead atoms. The average molecular weight is 196 g/mol. The van der Waals surface area contributed by atoms with E-state index < -0.39 is 5.60 Å². The van der Waals surface area contributed by atoms with Gasteiger partial charge in [0.1, 0.15) is 12.2 Å². The van der Waals surface area contributed by atoms with Crippen molar-refractivity contribution in [2.75, 3.05) is 13.1 Å². The molecule has 0 saturated carbocycles. The van der Waals surface area contributed by atoms with Gasteiger partial charge in [-0.25, -0.2) is 0 Å². The van der Waals surface area contributed by atoms with Crippen LogP contribution in [0.25, 0.3) is 0 Å². The minimum absolute atomic E-state index is 0.580. The van der Waals surface area contributed by atoms with Gasteiger partial charge in [0.15, 0.2) is 0 Å². The first-order valence-corrected chi connectivity index (χ1v) is 4.96. The molecule has 1 atom stereocenters. The van der Waals surface area contributed by atoms with Crippen molar-refractivity contribution in [3.63, 3.8) is 0 Å². The van der Waals surface area contributed by atoms with Crippen molar-refractivity contribution in [1.82, 2.24) is 20.1 Å². The Morgan fingerprint density at radius 1 is 1.71 bits per heavy atom. The Labute approximate surface area is 83.2 Å². The van der Waals surface area contributed by atoms with Gasteiger partial charge >= 0.3 is 0 Å². The van der Waals surface area contributed by atoms with E-state index in [2.05, 4.69) is 15.5 Å². The van der Waals surface area contributed by atoms with Crippen LogP contribution in [0, 0.1) is 0 Å². The minimum atomic E-state index is -0.640. The van der Waals surface area contributed by atoms with Gasteiger partial charge in [-0.2, -0.15) is 0 Å². The molecule has 0 radical (unpaired) electrons. The second-order valence-electron chi connectivity index (χ2n) is 4.04. The second kappa shape index (κ2) is 3.67. The topological polar surface area (TPSA) is 63.0 Å². The van der Waals surface area contributed by atoms with Crippen LogP contribution in [0.4, 0.5) is 0 Å². The zero-order valence-electron chi connectivity index (χ0n) is 8.40. The van der Waals surface area contributed by atoms with Gasteiger partial charge in [-0.3, -0.25) is 0 Å². The van der Waals surface area contributed by atoms with Crippen LogP contribution in [-0.4, -0.2) is 38.6 Å². The minimum Gasteiger partial charge on any atom is -0.388 e. The molecule has 5 nitrogen and oxygen atoms in total. The van der Waals surface area contributed by atoms with E-state index >= 15 is 0 Å². The van der Waals surface area contributed by atoms with Crippen molar-refractivity contribution in [3.05, 3.63) is 12.2 Å². The Hall–Kier alpha value is -0.940. The largest absolute Gasteiger partial charge is 0.388 e. The molecular weight excluding hydrogens is 180 g/mol. The van der Waals surface area contributed by atoms with Gasteiger partial charge < -0.3 is 15.0 Å². The third-order valence-electron chi connectivity index (χ3n) is 2.74. The van der Waals surface area contributed by atoms with Crippen LogP contribution in [0.5, 0.6) is 0 Å². The summed E-state index contributed by atoms with van der Waals surface area (Å²) in [6, 6.07) is 0. The molecule has 2 heterocycles. The molecule has 78 valence electrons. The van der Waals surface area contributed by atoms with Gasteiger partial charge in [-0.15, -0.1) is 10.2 Å². The fourth-order valence-corrected chi connectivity index (χ4v) is 1.86. The van der Waals surface area contributed by atoms with Crippen LogP contribution in [-0.2, 0) is 13.5 Å². The number of hydrogen-bond acceptors (Lipinski definition) is 4. The van der Waals surface area contributed by atoms with Gasteiger partial charge in [0.05, 0.1) is 5.60 Å². The number of aliphatic hydroxyl groups is 1. The quantitative estimate of drug-likeness (QED) is 0.667. The Morgan fingerprint density at radius 3 is 3.14 bits per heavy atom. The molecule has 0 unspecified atom stereocenters. The molecule has 0 amide bonds. The van der Waals surface area contributed by atoms with E-state index in [0.717, 1.165) is 25.2 Å². The summed E-state index contributed by atoms with van der Waals surface area (Å²) in [5.41, 5.74) is -0.640. The Balaban J connectivity index is 2.05. The zero-order chi connectivity index (χ0) is 10.0. The van der Waals surface area contributed by atoms with Gasteiger partial charge in [0.2, 0.25) is 0 Å². The number of aromatic nitrogens is 3. The number of nitrogens with one attached hydrogen (secondary N) is 1. The smallest absolute Gasteiger partial charge is 0.135 e. The number of rotatable bonds is 2. The van der Waals surface area contributed by atoms with Crippen molar-refractivity contribution in [3.8, 4) is 0 Å². The third kappa shape index (κ3) is 1.93. The van der Waals surface area contributed by atoms with Gasteiger partial charge in [0.25, 0.3) is 0 Å². The third-order valence-corrected chi connectivity index (χ3v) is 2.74. The van der Waals surface area contributed by atoms with E-state index in [0.29, 0.717) is 13.0 Å². The van der Waals surface area contributed by atoms with Crippen LogP contribution in [0.1, 0.15) is 18.7 Å². The Morgan fingerprint density at radius 2 is 2.57 bits per heavy atom. The van der Waals surface area contributed by atoms with E-state index in [1.807, 2.05) is 11.6 Å². The van der Waals surface area contributed by atoms with Crippen molar-refractivity contribution >= 4 is 0 Å². The predicted octanol–water partition coefficient (Wildman–Crippen LogP) is -0.528. The summed E-state index contributed by atoms with van der Waals surface area (Å²) < 4.78 is 1.85. The fourth-order valence-electron chi connectivity index (χ4n) is 1.86. The highest BCUT2D eigenvalue weighted by atomic mass is 16.3. The first-order valence-electron chi connectivity index (χ1n) is 4.96. The number of piperidine rings is 1. The van der Waals surface area contributed by atoms with Crippen molar-refractivity contribution in [2.45, 2.75) is 24.9 Å². The highest BCUT2D eigenvalue weighted by Gasteiger charge is 2.30. The van der Waals surface area contributed by atoms with Gasteiger partial charge in [-0.1, -0.05) is 0 Å². The lowest BCUT2D eigenvalue weighted by molar-refractivity contribution is 0.0145. The van der Waals surface area contributed by atoms with Gasteiger partial charge in [-0.05, 0) is 19.4 Å². The fraction of sp³-hybridized carbons (Fsp3) is 0.778. The lowest BCUT2D eigenvalue weighted by Gasteiger charge is -2.32. The molecule has 2 N–H and O–H groups in total. The lowest BCUT2D eigenvalue weighted by Crippen LogP contribution is -2.47. The second-order valence-corrected chi connectivity index (χ2v) is 4.04. The summed E-state index contributed by atoms with van der Waals surface area (Å²) in [6.07, 6.45) is 4.10. The van der Waals surface area contributed by atoms with E-state index in [9.17, 15) is 5.11 Å². The first-order chi connectivity index (χ1) is 6.70. The first kappa shape index (κ1) is 9.61. The number of β-amino-alcohol motifs (C(OH)–C–C–N with tert-alkyl or cyclic N) is 1. The van der Waals surface area contributed by atoms with Crippen molar-refractivity contribution < 1.29 is 5.11 Å². The molecule has 1 aromatic heterocycles. The van der Waals surface area contributed by atoms with E-state index in [1.54, 1.807) is 6.33 Å². The number of hydrogen-bond donors (Lipinski definition) is 2. The summed E-state index contributed by atoms with van der Waals surface area (Å²) in [4.78, 5) is 0. The Kier molecular flexibility index (Phi) is 2.52. The lowest BCUT2D eigenvalue weighted by atomic mass is 9.90. The maximum absolute atomic E-state index is 10.2. The predicted molar refractivity (Wildman–Crippen MR) is 51.8 cm³/mol. The van der Waals surface area contributed by atoms with Crippen molar-refractivity contribution in [2.24, 2.45) is 7.05 Å². The van der Waals surface area contributed by atoms with Crippen LogP contribution < -0.4 is 5.32 Å². The monoisotopic (exact) mass is 196 g/mol. The SMILES string of the molecule is Cn1cnnc1C[C@]1(O)CCCNC1. The summed E-state index contributed by atoms with van der Waals surface area (Å²) in [7, 11) is 1.90. The maximum atomic E-state index is 10.2. The molecular formula is C9H16N4O. The summed E-state index contributed by atoms with van der Waals surface area (Å²) in [5, 5.41) is 21.2. The van der Waals surface area contributed by atoms with Crippen LogP contribution >= 0.6 is 0 Å². The highest BCUT2D eigenvalue weighted by molar-refractivity contribution is 4.97. The number of nitrogens with zero attached hydrogens (tertiary/aromatic N) is 3. The molecule has 14 heavy (non-hydrogen) atoms. The molecule has 0 aliphatic carbocycles. The molecule has 5 heteroatoms. The van der Waals surface area contributed by atoms with E-state index in [4.69, 9.17) is 0 Å². The van der Waals surface area contributed by atoms with Gasteiger partial charge in [0, 0.05) is 20.0 Å². The molecule has 1 saturated heterocycles. The zero-order valence-corrected chi connectivity index (χ0v) is 8.40. The average Bonchev–Trinajstić information content (AvgIpc) is 2.52. The molecule has 2 rings (SSSR count). The maximum Gasteiger partial charge on any atom is 0.135 e. The van der Waals surface area contributed by atoms with Crippen molar-refractivity contribution in [1.29, 1.82) is 0 Å². The highest BCUT2D eigenvalue weighted by Crippen LogP contribution is 2.19. The molecule has 1 aromatic rings. The normalized spacial score (nSPS) is 27.9. The molecule has 1 fully saturated rings. The molecule has 0 spiro atoms. The Bertz CT molecular complexity index is 304. The van der Waals surface area contributed by atoms with E-state index in [-0.39, 0.29) is 0 Å². The summed E-state index contributed by atoms with van der Waals surface area (Å²) in [5.74, 6) is 0.844.